The molecular formula is C4H9F3N2O2S. The molecule has 0 heterocycles. The predicted octanol–water partition coefficient (Wildman–Crippen LogP) is 0.0725. The summed E-state index contributed by atoms with van der Waals surface area (Å²) >= 11 is 0. The predicted molar refractivity (Wildman–Crippen MR) is 36.4 cm³/mol. The summed E-state index contributed by atoms with van der Waals surface area (Å²) in [6.07, 6.45) is -4.60. The van der Waals surface area contributed by atoms with Crippen molar-refractivity contribution in [2.75, 3.05) is 7.05 Å². The maximum Gasteiger partial charge on any atom is 0.404 e. The fourth-order valence-electron chi connectivity index (χ4n) is 0.427. The first-order chi connectivity index (χ1) is 5.07. The number of nitrogens with zero attached hydrogens (tertiary/aromatic N) is 1. The lowest BCUT2D eigenvalue weighted by atomic mass is 10.3. The van der Waals surface area contributed by atoms with Crippen LogP contribution in [0.25, 0.3) is 0 Å². The smallest absolute Gasteiger partial charge is 0.216 e. The summed E-state index contributed by atoms with van der Waals surface area (Å²) in [7, 11) is -3.50. The van der Waals surface area contributed by atoms with Crippen molar-refractivity contribution < 1.29 is 21.6 Å². The number of nitrogens with two attached hydrogens (primary N) is 1. The van der Waals surface area contributed by atoms with Crippen LogP contribution >= 0.6 is 0 Å². The normalized spacial score (nSPS) is 16.6. The molecule has 8 heteroatoms. The Kier molecular flexibility index (Phi) is 3.10. The van der Waals surface area contributed by atoms with Gasteiger partial charge < -0.3 is 0 Å². The highest BCUT2D eigenvalue weighted by atomic mass is 32.2. The molecule has 0 aliphatic rings. The lowest BCUT2D eigenvalue weighted by Gasteiger charge is -2.23. The fourth-order valence-corrected chi connectivity index (χ4v) is 0.987. The van der Waals surface area contributed by atoms with Crippen molar-refractivity contribution in [1.29, 1.82) is 0 Å². The maximum absolute atomic E-state index is 11.9. The third kappa shape index (κ3) is 2.95. The Morgan fingerprint density at radius 1 is 1.42 bits per heavy atom. The van der Waals surface area contributed by atoms with Gasteiger partial charge in [0.15, 0.2) is 0 Å². The Hall–Kier alpha value is -0.340. The molecule has 0 amide bonds. The minimum atomic E-state index is -4.60. The zero-order chi connectivity index (χ0) is 10.2. The summed E-state index contributed by atoms with van der Waals surface area (Å²) < 4.78 is 56.5. The third-order valence-corrected chi connectivity index (χ3v) is 2.54. The topological polar surface area (TPSA) is 63.4 Å². The molecule has 0 saturated carbocycles. The average Bonchev–Trinajstić information content (AvgIpc) is 1.80. The van der Waals surface area contributed by atoms with Gasteiger partial charge in [0.1, 0.15) is 6.04 Å². The van der Waals surface area contributed by atoms with E-state index in [2.05, 4.69) is 5.14 Å². The molecule has 0 bridgehead atoms. The van der Waals surface area contributed by atoms with Crippen molar-refractivity contribution in [3.05, 3.63) is 0 Å². The Labute approximate surface area is 68.3 Å². The summed E-state index contributed by atoms with van der Waals surface area (Å²) in [5.41, 5.74) is 0. The van der Waals surface area contributed by atoms with Crippen LogP contribution < -0.4 is 5.14 Å². The van der Waals surface area contributed by atoms with Gasteiger partial charge in [-0.05, 0) is 6.92 Å². The molecule has 0 aromatic carbocycles. The van der Waals surface area contributed by atoms with Crippen molar-refractivity contribution in [2.24, 2.45) is 5.14 Å². The molecule has 0 rings (SSSR count). The largest absolute Gasteiger partial charge is 0.404 e. The molecule has 0 spiro atoms. The van der Waals surface area contributed by atoms with Crippen LogP contribution in [0.5, 0.6) is 0 Å². The van der Waals surface area contributed by atoms with Gasteiger partial charge in [-0.1, -0.05) is 0 Å². The Balaban J connectivity index is 4.64. The van der Waals surface area contributed by atoms with Gasteiger partial charge in [-0.3, -0.25) is 0 Å². The molecular weight excluding hydrogens is 197 g/mol. The third-order valence-electron chi connectivity index (χ3n) is 1.42. The molecule has 0 aliphatic heterocycles. The van der Waals surface area contributed by atoms with E-state index < -0.39 is 22.4 Å². The van der Waals surface area contributed by atoms with Crippen molar-refractivity contribution in [3.8, 4) is 0 Å². The first-order valence-electron chi connectivity index (χ1n) is 2.89. The number of hydrogen-bond acceptors (Lipinski definition) is 2. The van der Waals surface area contributed by atoms with Crippen molar-refractivity contribution in [2.45, 2.75) is 19.1 Å². The molecule has 1 unspecified atom stereocenters. The van der Waals surface area contributed by atoms with E-state index in [1.165, 1.54) is 0 Å². The van der Waals surface area contributed by atoms with Gasteiger partial charge in [-0.2, -0.15) is 25.9 Å². The van der Waals surface area contributed by atoms with Crippen LogP contribution in [-0.2, 0) is 10.2 Å². The van der Waals surface area contributed by atoms with Crippen molar-refractivity contribution in [3.63, 3.8) is 0 Å². The molecule has 0 saturated heterocycles. The van der Waals surface area contributed by atoms with E-state index in [0.717, 1.165) is 7.05 Å². The highest BCUT2D eigenvalue weighted by Crippen LogP contribution is 2.24. The SMILES string of the molecule is CC(N(C)S(N)(=O)=O)C(F)(F)F. The van der Waals surface area contributed by atoms with Crippen LogP contribution in [0, 0.1) is 0 Å². The molecule has 2 N–H and O–H groups in total. The standard InChI is InChI=1S/C4H9F3N2O2S/c1-3(4(5,6)7)9(2)12(8,10)11/h3H,1-2H3,(H2,8,10,11). The Bertz CT molecular complexity index is 248. The average molecular weight is 206 g/mol. The highest BCUT2D eigenvalue weighted by Gasteiger charge is 2.41. The zero-order valence-electron chi connectivity index (χ0n) is 6.46. The van der Waals surface area contributed by atoms with Gasteiger partial charge in [0.25, 0.3) is 10.2 Å². The van der Waals surface area contributed by atoms with E-state index in [4.69, 9.17) is 0 Å². The number of halogens is 3. The quantitative estimate of drug-likeness (QED) is 0.695. The van der Waals surface area contributed by atoms with Gasteiger partial charge >= 0.3 is 6.18 Å². The van der Waals surface area contributed by atoms with Crippen molar-refractivity contribution >= 4 is 10.2 Å². The van der Waals surface area contributed by atoms with Crippen LogP contribution in [0.4, 0.5) is 13.2 Å². The second-order valence-corrected chi connectivity index (χ2v) is 3.88. The zero-order valence-corrected chi connectivity index (χ0v) is 7.28. The summed E-state index contributed by atoms with van der Waals surface area (Å²) in [5, 5.41) is 4.47. The molecule has 0 radical (unpaired) electrons. The summed E-state index contributed by atoms with van der Waals surface area (Å²) in [4.78, 5) is 0. The summed E-state index contributed by atoms with van der Waals surface area (Å²) in [5.74, 6) is 0. The van der Waals surface area contributed by atoms with Gasteiger partial charge in [-0.15, -0.1) is 0 Å². The van der Waals surface area contributed by atoms with Crippen molar-refractivity contribution in [1.82, 2.24) is 4.31 Å². The van der Waals surface area contributed by atoms with E-state index in [1.54, 1.807) is 0 Å². The lowest BCUT2D eigenvalue weighted by Crippen LogP contribution is -2.47. The Morgan fingerprint density at radius 2 is 1.75 bits per heavy atom. The number of hydrogen-bond donors (Lipinski definition) is 1. The second kappa shape index (κ2) is 3.19. The van der Waals surface area contributed by atoms with Crippen LogP contribution in [0.1, 0.15) is 6.92 Å². The van der Waals surface area contributed by atoms with Crippen LogP contribution in [0.15, 0.2) is 0 Å². The molecule has 0 aromatic heterocycles. The number of alkyl halides is 3. The molecule has 1 atom stereocenters. The molecule has 0 fully saturated rings. The van der Waals surface area contributed by atoms with Crippen LogP contribution in [0.3, 0.4) is 0 Å². The molecule has 74 valence electrons. The monoisotopic (exact) mass is 206 g/mol. The van der Waals surface area contributed by atoms with E-state index in [9.17, 15) is 21.6 Å². The minimum Gasteiger partial charge on any atom is -0.216 e. The van der Waals surface area contributed by atoms with E-state index >= 15 is 0 Å². The van der Waals surface area contributed by atoms with E-state index in [-0.39, 0.29) is 4.31 Å². The van der Waals surface area contributed by atoms with Crippen LogP contribution in [-0.4, -0.2) is 32.0 Å². The first kappa shape index (κ1) is 11.7. The summed E-state index contributed by atoms with van der Waals surface area (Å²) in [6.45, 7) is 0.713. The maximum atomic E-state index is 11.9. The van der Waals surface area contributed by atoms with Gasteiger partial charge in [0.05, 0.1) is 0 Å². The first-order valence-corrected chi connectivity index (χ1v) is 4.39. The lowest BCUT2D eigenvalue weighted by molar-refractivity contribution is -0.164. The number of rotatable bonds is 2. The van der Waals surface area contributed by atoms with E-state index in [0.29, 0.717) is 6.92 Å². The molecule has 0 aromatic rings. The fraction of sp³-hybridized carbons (Fsp3) is 1.00. The molecule has 4 nitrogen and oxygen atoms in total. The minimum absolute atomic E-state index is 0.0625. The molecule has 0 aliphatic carbocycles. The summed E-state index contributed by atoms with van der Waals surface area (Å²) in [6, 6.07) is -2.10. The van der Waals surface area contributed by atoms with Crippen LogP contribution in [0.2, 0.25) is 0 Å². The second-order valence-electron chi connectivity index (χ2n) is 2.28. The Morgan fingerprint density at radius 3 is 1.83 bits per heavy atom. The van der Waals surface area contributed by atoms with Gasteiger partial charge in [-0.25, -0.2) is 5.14 Å². The van der Waals surface area contributed by atoms with Gasteiger partial charge in [0.2, 0.25) is 0 Å². The highest BCUT2D eigenvalue weighted by molar-refractivity contribution is 7.86. The molecule has 12 heavy (non-hydrogen) atoms. The van der Waals surface area contributed by atoms with E-state index in [1.807, 2.05) is 0 Å². The van der Waals surface area contributed by atoms with Gasteiger partial charge in [0, 0.05) is 7.05 Å².